The van der Waals surface area contributed by atoms with Gasteiger partial charge in [0.15, 0.2) is 0 Å². The number of carbonyl (C=O) groups is 2. The Morgan fingerprint density at radius 3 is 2.94 bits per heavy atom. The molecule has 0 bridgehead atoms. The highest BCUT2D eigenvalue weighted by Gasteiger charge is 2.30. The van der Waals surface area contributed by atoms with Crippen molar-refractivity contribution in [1.82, 2.24) is 0 Å². The fourth-order valence-electron chi connectivity index (χ4n) is 1.41. The SMILES string of the molecule is O=C(O[C@@H]1CCOC1=O)c1cccc(O)c1. The lowest BCUT2D eigenvalue weighted by Gasteiger charge is -2.08. The highest BCUT2D eigenvalue weighted by atomic mass is 16.6. The first-order valence-corrected chi connectivity index (χ1v) is 4.83. The largest absolute Gasteiger partial charge is 0.508 e. The van der Waals surface area contributed by atoms with E-state index in [4.69, 9.17) is 4.74 Å². The quantitative estimate of drug-likeness (QED) is 0.751. The molecule has 5 nitrogen and oxygen atoms in total. The van der Waals surface area contributed by atoms with E-state index >= 15 is 0 Å². The predicted molar refractivity (Wildman–Crippen MR) is 52.9 cm³/mol. The third-order valence-corrected chi connectivity index (χ3v) is 2.22. The molecule has 0 unspecified atom stereocenters. The maximum atomic E-state index is 11.6. The number of esters is 2. The highest BCUT2D eigenvalue weighted by molar-refractivity contribution is 5.92. The van der Waals surface area contributed by atoms with Crippen LogP contribution in [-0.2, 0) is 14.3 Å². The molecule has 0 saturated carbocycles. The van der Waals surface area contributed by atoms with E-state index in [9.17, 15) is 14.7 Å². The van der Waals surface area contributed by atoms with Gasteiger partial charge < -0.3 is 14.6 Å². The van der Waals surface area contributed by atoms with Crippen molar-refractivity contribution in [2.24, 2.45) is 0 Å². The van der Waals surface area contributed by atoms with E-state index in [1.807, 2.05) is 0 Å². The number of phenols is 1. The van der Waals surface area contributed by atoms with Gasteiger partial charge in [-0.25, -0.2) is 9.59 Å². The van der Waals surface area contributed by atoms with Crippen molar-refractivity contribution in [3.63, 3.8) is 0 Å². The van der Waals surface area contributed by atoms with Crippen molar-refractivity contribution in [3.05, 3.63) is 29.8 Å². The Kier molecular flexibility index (Phi) is 2.76. The van der Waals surface area contributed by atoms with Crippen molar-refractivity contribution in [3.8, 4) is 5.75 Å². The van der Waals surface area contributed by atoms with Crippen molar-refractivity contribution in [2.45, 2.75) is 12.5 Å². The first-order chi connectivity index (χ1) is 7.66. The summed E-state index contributed by atoms with van der Waals surface area (Å²) in [5.41, 5.74) is 0.208. The van der Waals surface area contributed by atoms with E-state index < -0.39 is 18.0 Å². The van der Waals surface area contributed by atoms with Gasteiger partial charge in [-0.1, -0.05) is 6.07 Å². The molecule has 1 aliphatic heterocycles. The van der Waals surface area contributed by atoms with Crippen LogP contribution in [0.5, 0.6) is 5.75 Å². The second-order valence-corrected chi connectivity index (χ2v) is 3.40. The molecule has 1 aromatic rings. The van der Waals surface area contributed by atoms with Gasteiger partial charge in [-0.05, 0) is 18.2 Å². The molecule has 0 spiro atoms. The standard InChI is InChI=1S/C11H10O5/c12-8-3-1-2-7(6-8)10(13)16-9-4-5-15-11(9)14/h1-3,6,9,12H,4-5H2/t9-/m1/s1. The third kappa shape index (κ3) is 2.13. The maximum Gasteiger partial charge on any atom is 0.347 e. The van der Waals surface area contributed by atoms with Gasteiger partial charge >= 0.3 is 11.9 Å². The van der Waals surface area contributed by atoms with Crippen LogP contribution in [0.3, 0.4) is 0 Å². The van der Waals surface area contributed by atoms with Gasteiger partial charge in [0.2, 0.25) is 6.10 Å². The Labute approximate surface area is 91.6 Å². The average molecular weight is 222 g/mol. The van der Waals surface area contributed by atoms with Crippen LogP contribution in [0, 0.1) is 0 Å². The van der Waals surface area contributed by atoms with E-state index in [-0.39, 0.29) is 17.9 Å². The van der Waals surface area contributed by atoms with Crippen LogP contribution < -0.4 is 0 Å². The Morgan fingerprint density at radius 2 is 2.31 bits per heavy atom. The fraction of sp³-hybridized carbons (Fsp3) is 0.273. The Bertz CT molecular complexity index is 426. The van der Waals surface area contributed by atoms with E-state index in [0.29, 0.717) is 6.42 Å². The van der Waals surface area contributed by atoms with Crippen LogP contribution in [0.15, 0.2) is 24.3 Å². The molecule has 0 aromatic heterocycles. The summed E-state index contributed by atoms with van der Waals surface area (Å²) < 4.78 is 9.60. The molecule has 1 heterocycles. The fourth-order valence-corrected chi connectivity index (χ4v) is 1.41. The van der Waals surface area contributed by atoms with Crippen LogP contribution in [0.1, 0.15) is 16.8 Å². The van der Waals surface area contributed by atoms with Crippen molar-refractivity contribution >= 4 is 11.9 Å². The second-order valence-electron chi connectivity index (χ2n) is 3.40. The summed E-state index contributed by atoms with van der Waals surface area (Å²) in [4.78, 5) is 22.6. The molecule has 1 aliphatic rings. The van der Waals surface area contributed by atoms with E-state index in [1.165, 1.54) is 24.3 Å². The summed E-state index contributed by atoms with van der Waals surface area (Å²) in [6, 6.07) is 5.75. The molecule has 1 fully saturated rings. The molecule has 1 N–H and O–H groups in total. The maximum absolute atomic E-state index is 11.6. The molecule has 84 valence electrons. The summed E-state index contributed by atoms with van der Waals surface area (Å²) in [6.45, 7) is 0.275. The Morgan fingerprint density at radius 1 is 1.50 bits per heavy atom. The summed E-state index contributed by atoms with van der Waals surface area (Å²) in [7, 11) is 0. The third-order valence-electron chi connectivity index (χ3n) is 2.22. The van der Waals surface area contributed by atoms with Crippen LogP contribution in [0.4, 0.5) is 0 Å². The molecule has 1 aromatic carbocycles. The molecule has 0 aliphatic carbocycles. The molecule has 0 amide bonds. The lowest BCUT2D eigenvalue weighted by molar-refractivity contribution is -0.145. The molecule has 16 heavy (non-hydrogen) atoms. The molecule has 1 saturated heterocycles. The first-order valence-electron chi connectivity index (χ1n) is 4.83. The lowest BCUT2D eigenvalue weighted by Crippen LogP contribution is -2.22. The number of phenolic OH excluding ortho intramolecular Hbond substituents is 1. The van der Waals surface area contributed by atoms with E-state index in [1.54, 1.807) is 0 Å². The molecule has 0 radical (unpaired) electrons. The molecule has 1 atom stereocenters. The van der Waals surface area contributed by atoms with E-state index in [2.05, 4.69) is 4.74 Å². The van der Waals surface area contributed by atoms with Gasteiger partial charge in [0.1, 0.15) is 5.75 Å². The topological polar surface area (TPSA) is 72.8 Å². The monoisotopic (exact) mass is 222 g/mol. The number of benzene rings is 1. The number of hydrogen-bond acceptors (Lipinski definition) is 5. The summed E-state index contributed by atoms with van der Waals surface area (Å²) >= 11 is 0. The van der Waals surface area contributed by atoms with Gasteiger partial charge in [0, 0.05) is 6.42 Å². The summed E-state index contributed by atoms with van der Waals surface area (Å²) in [5.74, 6) is -1.18. The van der Waals surface area contributed by atoms with E-state index in [0.717, 1.165) is 0 Å². The van der Waals surface area contributed by atoms with Gasteiger partial charge in [-0.3, -0.25) is 0 Å². The smallest absolute Gasteiger partial charge is 0.347 e. The second kappa shape index (κ2) is 4.22. The molecular formula is C11H10O5. The minimum atomic E-state index is -0.824. The van der Waals surface area contributed by atoms with Gasteiger partial charge in [-0.2, -0.15) is 0 Å². The minimum absolute atomic E-state index is 0.0246. The number of ether oxygens (including phenoxy) is 2. The van der Waals surface area contributed by atoms with Crippen LogP contribution in [-0.4, -0.2) is 29.8 Å². The molecule has 5 heteroatoms. The van der Waals surface area contributed by atoms with Crippen molar-refractivity contribution in [2.75, 3.05) is 6.61 Å². The van der Waals surface area contributed by atoms with Gasteiger partial charge in [0.25, 0.3) is 0 Å². The van der Waals surface area contributed by atoms with Crippen LogP contribution >= 0.6 is 0 Å². The highest BCUT2D eigenvalue weighted by Crippen LogP contribution is 2.16. The predicted octanol–water partition coefficient (Wildman–Crippen LogP) is 0.864. The van der Waals surface area contributed by atoms with Crippen LogP contribution in [0.2, 0.25) is 0 Å². The Hall–Kier alpha value is -2.04. The van der Waals surface area contributed by atoms with Crippen molar-refractivity contribution in [1.29, 1.82) is 0 Å². The minimum Gasteiger partial charge on any atom is -0.508 e. The zero-order valence-electron chi connectivity index (χ0n) is 8.38. The number of rotatable bonds is 2. The van der Waals surface area contributed by atoms with Gasteiger partial charge in [0.05, 0.1) is 12.2 Å². The summed E-state index contributed by atoms with van der Waals surface area (Å²) in [5, 5.41) is 9.18. The number of hydrogen-bond donors (Lipinski definition) is 1. The molecule has 2 rings (SSSR count). The number of aromatic hydroxyl groups is 1. The lowest BCUT2D eigenvalue weighted by atomic mass is 10.2. The number of cyclic esters (lactones) is 1. The Balaban J connectivity index is 2.05. The summed E-state index contributed by atoms with van der Waals surface area (Å²) in [6.07, 6.45) is -0.446. The van der Waals surface area contributed by atoms with Crippen LogP contribution in [0.25, 0.3) is 0 Å². The average Bonchev–Trinajstić information content (AvgIpc) is 2.64. The first kappa shape index (κ1) is 10.5. The van der Waals surface area contributed by atoms with Gasteiger partial charge in [-0.15, -0.1) is 0 Å². The molecular weight excluding hydrogens is 212 g/mol. The van der Waals surface area contributed by atoms with Crippen molar-refractivity contribution < 1.29 is 24.2 Å². The zero-order chi connectivity index (χ0) is 11.5. The normalized spacial score (nSPS) is 19.2. The zero-order valence-corrected chi connectivity index (χ0v) is 8.38. The number of carbonyl (C=O) groups excluding carboxylic acids is 2.